The maximum absolute atomic E-state index is 5.75. The van der Waals surface area contributed by atoms with Crippen LogP contribution < -0.4 is 11.3 Å². The van der Waals surface area contributed by atoms with Crippen molar-refractivity contribution < 1.29 is 0 Å². The van der Waals surface area contributed by atoms with Crippen LogP contribution in [0.25, 0.3) is 0 Å². The Morgan fingerprint density at radius 2 is 2.10 bits per heavy atom. The third-order valence-corrected chi connectivity index (χ3v) is 4.16. The Hall–Kier alpha value is -0.800. The van der Waals surface area contributed by atoms with Crippen molar-refractivity contribution in [3.05, 3.63) is 44.9 Å². The summed E-state index contributed by atoms with van der Waals surface area (Å²) in [6.07, 6.45) is 3.54. The first-order valence-corrected chi connectivity index (χ1v) is 8.05. The van der Waals surface area contributed by atoms with Crippen molar-refractivity contribution in [3.63, 3.8) is 0 Å². The smallest absolute Gasteiger partial charge is 0.106 e. The van der Waals surface area contributed by atoms with E-state index in [0.717, 1.165) is 33.4 Å². The average molecular weight is 418 g/mol. The first kappa shape index (κ1) is 16.6. The predicted molar refractivity (Wildman–Crippen MR) is 89.6 cm³/mol. The highest BCUT2D eigenvalue weighted by Crippen LogP contribution is 2.27. The molecule has 0 amide bonds. The number of hydrogen-bond acceptors (Lipinski definition) is 5. The lowest BCUT2D eigenvalue weighted by atomic mass is 10.1. The molecule has 0 saturated carbocycles. The number of pyridine rings is 1. The fourth-order valence-electron chi connectivity index (χ4n) is 1.99. The summed E-state index contributed by atoms with van der Waals surface area (Å²) in [5.74, 6) is 5.75. The van der Waals surface area contributed by atoms with Gasteiger partial charge in [0.05, 0.1) is 28.6 Å². The fourth-order valence-corrected chi connectivity index (χ4v) is 2.75. The van der Waals surface area contributed by atoms with Crippen LogP contribution >= 0.6 is 31.9 Å². The summed E-state index contributed by atoms with van der Waals surface area (Å²) in [6.45, 7) is 1.68. The number of hydrazine groups is 1. The van der Waals surface area contributed by atoms with E-state index >= 15 is 0 Å². The van der Waals surface area contributed by atoms with Gasteiger partial charge >= 0.3 is 0 Å². The SMILES string of the molecule is CN(C)CCn1ncc(Br)c1C(NN)c1ccc(Br)cn1. The van der Waals surface area contributed by atoms with Crippen LogP contribution in [0.5, 0.6) is 0 Å². The van der Waals surface area contributed by atoms with Crippen LogP contribution in [-0.4, -0.2) is 40.3 Å². The Morgan fingerprint density at radius 3 is 2.67 bits per heavy atom. The lowest BCUT2D eigenvalue weighted by Gasteiger charge is -2.19. The quantitative estimate of drug-likeness (QED) is 0.554. The molecule has 6 nitrogen and oxygen atoms in total. The van der Waals surface area contributed by atoms with E-state index in [9.17, 15) is 0 Å². The number of rotatable bonds is 6. The van der Waals surface area contributed by atoms with E-state index < -0.39 is 0 Å². The van der Waals surface area contributed by atoms with Gasteiger partial charge in [0.1, 0.15) is 6.04 Å². The zero-order valence-corrected chi connectivity index (χ0v) is 15.1. The number of halogens is 2. The van der Waals surface area contributed by atoms with Crippen LogP contribution in [0.4, 0.5) is 0 Å². The second kappa shape index (κ2) is 7.46. The van der Waals surface area contributed by atoms with E-state index in [1.165, 1.54) is 0 Å². The van der Waals surface area contributed by atoms with Gasteiger partial charge < -0.3 is 4.90 Å². The minimum atomic E-state index is -0.225. The lowest BCUT2D eigenvalue weighted by Crippen LogP contribution is -2.32. The molecule has 2 rings (SSSR count). The molecular weight excluding hydrogens is 400 g/mol. The number of nitrogens with two attached hydrogens (primary N) is 1. The van der Waals surface area contributed by atoms with Crippen molar-refractivity contribution in [3.8, 4) is 0 Å². The summed E-state index contributed by atoms with van der Waals surface area (Å²) >= 11 is 6.94. The van der Waals surface area contributed by atoms with E-state index in [4.69, 9.17) is 5.84 Å². The second-order valence-electron chi connectivity index (χ2n) is 4.91. The molecular formula is C13H18Br2N6. The predicted octanol–water partition coefficient (Wildman–Crippen LogP) is 1.92. The molecule has 0 bridgehead atoms. The molecule has 0 aliphatic carbocycles. The summed E-state index contributed by atoms with van der Waals surface area (Å²) in [6, 6.07) is 3.66. The van der Waals surface area contributed by atoms with Gasteiger partial charge in [-0.15, -0.1) is 0 Å². The molecule has 2 aromatic rings. The molecule has 0 aliphatic heterocycles. The molecule has 1 atom stereocenters. The van der Waals surface area contributed by atoms with Crippen LogP contribution in [0, 0.1) is 0 Å². The molecule has 1 unspecified atom stereocenters. The summed E-state index contributed by atoms with van der Waals surface area (Å²) in [4.78, 5) is 6.53. The molecule has 114 valence electrons. The van der Waals surface area contributed by atoms with E-state index in [2.05, 4.69) is 52.3 Å². The second-order valence-corrected chi connectivity index (χ2v) is 6.68. The van der Waals surface area contributed by atoms with Crippen molar-refractivity contribution in [2.24, 2.45) is 5.84 Å². The van der Waals surface area contributed by atoms with Gasteiger partial charge in [0.2, 0.25) is 0 Å². The van der Waals surface area contributed by atoms with Crippen LogP contribution in [0.3, 0.4) is 0 Å². The van der Waals surface area contributed by atoms with Crippen molar-refractivity contribution in [2.75, 3.05) is 20.6 Å². The normalized spacial score (nSPS) is 12.9. The molecule has 0 fully saturated rings. The van der Waals surface area contributed by atoms with Crippen molar-refractivity contribution in [2.45, 2.75) is 12.6 Å². The Bertz CT molecular complexity index is 581. The number of likely N-dealkylation sites (N-methyl/N-ethyl adjacent to an activating group) is 1. The number of aromatic nitrogens is 3. The Balaban J connectivity index is 2.33. The first-order chi connectivity index (χ1) is 10.0. The Morgan fingerprint density at radius 1 is 1.33 bits per heavy atom. The summed E-state index contributed by atoms with van der Waals surface area (Å²) < 4.78 is 3.79. The van der Waals surface area contributed by atoms with Crippen molar-refractivity contribution in [1.82, 2.24) is 25.1 Å². The molecule has 8 heteroatoms. The van der Waals surface area contributed by atoms with E-state index in [1.54, 1.807) is 12.4 Å². The maximum Gasteiger partial charge on any atom is 0.106 e. The summed E-state index contributed by atoms with van der Waals surface area (Å²) in [7, 11) is 4.07. The highest BCUT2D eigenvalue weighted by Gasteiger charge is 2.22. The monoisotopic (exact) mass is 416 g/mol. The molecule has 0 aliphatic rings. The van der Waals surface area contributed by atoms with Crippen LogP contribution in [0.15, 0.2) is 33.5 Å². The third-order valence-electron chi connectivity index (χ3n) is 3.08. The number of hydrogen-bond donors (Lipinski definition) is 2. The fraction of sp³-hybridized carbons (Fsp3) is 0.385. The Kier molecular flexibility index (Phi) is 5.88. The molecule has 0 aromatic carbocycles. The number of nitrogens with one attached hydrogen (secondary N) is 1. The van der Waals surface area contributed by atoms with Crippen LogP contribution in [0.1, 0.15) is 17.4 Å². The van der Waals surface area contributed by atoms with Gasteiger partial charge in [-0.1, -0.05) is 0 Å². The molecule has 0 spiro atoms. The minimum absolute atomic E-state index is 0.225. The van der Waals surface area contributed by atoms with Crippen LogP contribution in [0.2, 0.25) is 0 Å². The molecule has 0 radical (unpaired) electrons. The number of nitrogens with zero attached hydrogens (tertiary/aromatic N) is 4. The van der Waals surface area contributed by atoms with Crippen molar-refractivity contribution in [1.29, 1.82) is 0 Å². The van der Waals surface area contributed by atoms with E-state index in [1.807, 2.05) is 30.9 Å². The zero-order chi connectivity index (χ0) is 15.4. The van der Waals surface area contributed by atoms with Gasteiger partial charge in [-0.25, -0.2) is 5.43 Å². The van der Waals surface area contributed by atoms with Gasteiger partial charge in [-0.3, -0.25) is 15.5 Å². The maximum atomic E-state index is 5.75. The highest BCUT2D eigenvalue weighted by atomic mass is 79.9. The Labute approximate surface area is 140 Å². The molecule has 2 aromatic heterocycles. The highest BCUT2D eigenvalue weighted by molar-refractivity contribution is 9.10. The largest absolute Gasteiger partial charge is 0.308 e. The molecule has 0 saturated heterocycles. The average Bonchev–Trinajstić information content (AvgIpc) is 2.81. The minimum Gasteiger partial charge on any atom is -0.308 e. The van der Waals surface area contributed by atoms with Gasteiger partial charge in [0, 0.05) is 17.2 Å². The van der Waals surface area contributed by atoms with Gasteiger partial charge in [0.15, 0.2) is 0 Å². The summed E-state index contributed by atoms with van der Waals surface area (Å²) in [5.41, 5.74) is 4.63. The van der Waals surface area contributed by atoms with Crippen LogP contribution in [-0.2, 0) is 6.54 Å². The molecule has 2 heterocycles. The van der Waals surface area contributed by atoms with E-state index in [-0.39, 0.29) is 6.04 Å². The topological polar surface area (TPSA) is 72.0 Å². The van der Waals surface area contributed by atoms with Gasteiger partial charge in [-0.05, 0) is 58.1 Å². The first-order valence-electron chi connectivity index (χ1n) is 6.46. The standard InChI is InChI=1S/C13H18Br2N6/c1-20(2)5-6-21-13(10(15)8-18-21)12(19-16)11-4-3-9(14)7-17-11/h3-4,7-8,12,19H,5-6,16H2,1-2H3. The third kappa shape index (κ3) is 4.10. The zero-order valence-electron chi connectivity index (χ0n) is 11.9. The van der Waals surface area contributed by atoms with Gasteiger partial charge in [-0.2, -0.15) is 5.10 Å². The van der Waals surface area contributed by atoms with Crippen molar-refractivity contribution >= 4 is 31.9 Å². The summed E-state index contributed by atoms with van der Waals surface area (Å²) in [5, 5.41) is 4.41. The lowest BCUT2D eigenvalue weighted by molar-refractivity contribution is 0.365. The molecule has 21 heavy (non-hydrogen) atoms. The van der Waals surface area contributed by atoms with E-state index in [0.29, 0.717) is 0 Å². The van der Waals surface area contributed by atoms with Gasteiger partial charge in [0.25, 0.3) is 0 Å². The molecule has 3 N–H and O–H groups in total.